The number of carbonyl (C=O) groups is 2. The lowest BCUT2D eigenvalue weighted by atomic mass is 9.86. The minimum atomic E-state index is -0.0120. The quantitative estimate of drug-likeness (QED) is 0.912. The number of amides is 2. The van der Waals surface area contributed by atoms with E-state index < -0.39 is 0 Å². The second-order valence-corrected chi connectivity index (χ2v) is 7.30. The first-order valence-electron chi connectivity index (χ1n) is 9.38. The zero-order chi connectivity index (χ0) is 17.8. The third-order valence-electron chi connectivity index (χ3n) is 5.30. The van der Waals surface area contributed by atoms with Gasteiger partial charge in [0.15, 0.2) is 0 Å². The van der Waals surface area contributed by atoms with E-state index in [9.17, 15) is 9.59 Å². The highest BCUT2D eigenvalue weighted by Crippen LogP contribution is 2.32. The number of carbonyl (C=O) groups excluding carboxylic acids is 2. The summed E-state index contributed by atoms with van der Waals surface area (Å²) in [5, 5.41) is 3.12. The smallest absolute Gasteiger partial charge is 0.227 e. The van der Waals surface area contributed by atoms with E-state index in [1.165, 1.54) is 19.3 Å². The van der Waals surface area contributed by atoms with E-state index in [-0.39, 0.29) is 30.7 Å². The Kier molecular flexibility index (Phi) is 5.61. The van der Waals surface area contributed by atoms with Crippen LogP contribution in [0.4, 0.5) is 5.69 Å². The van der Waals surface area contributed by atoms with Crippen LogP contribution in [0.5, 0.6) is 5.75 Å². The Morgan fingerprint density at radius 1 is 1.24 bits per heavy atom. The lowest BCUT2D eigenvalue weighted by molar-refractivity contribution is -0.126. The van der Waals surface area contributed by atoms with Crippen LogP contribution in [-0.2, 0) is 9.59 Å². The van der Waals surface area contributed by atoms with Crippen LogP contribution >= 0.6 is 0 Å². The fraction of sp³-hybridized carbons (Fsp3) is 0.600. The molecule has 0 aromatic heterocycles. The Bertz CT molecular complexity index is 644. The zero-order valence-corrected chi connectivity index (χ0v) is 15.2. The second-order valence-electron chi connectivity index (χ2n) is 7.30. The first-order chi connectivity index (χ1) is 12.0. The van der Waals surface area contributed by atoms with Crippen LogP contribution in [0.1, 0.15) is 51.0 Å². The molecule has 1 heterocycles. The fourth-order valence-corrected chi connectivity index (χ4v) is 3.75. The predicted octanol–water partition coefficient (Wildman–Crippen LogP) is 3.20. The van der Waals surface area contributed by atoms with E-state index in [2.05, 4.69) is 12.2 Å². The van der Waals surface area contributed by atoms with E-state index in [0.29, 0.717) is 19.1 Å². The van der Waals surface area contributed by atoms with Crippen molar-refractivity contribution in [2.24, 2.45) is 5.92 Å². The number of benzene rings is 1. The van der Waals surface area contributed by atoms with Crippen molar-refractivity contribution in [2.45, 2.75) is 58.4 Å². The van der Waals surface area contributed by atoms with Gasteiger partial charge in [-0.25, -0.2) is 0 Å². The summed E-state index contributed by atoms with van der Waals surface area (Å²) in [4.78, 5) is 26.6. The minimum absolute atomic E-state index is 0.00942. The molecule has 1 saturated carbocycles. The second kappa shape index (κ2) is 7.89. The number of hydrogen-bond donors (Lipinski definition) is 1. The number of ether oxygens (including phenoxy) is 1. The summed E-state index contributed by atoms with van der Waals surface area (Å²) < 4.78 is 5.62. The zero-order valence-electron chi connectivity index (χ0n) is 15.2. The Morgan fingerprint density at radius 3 is 2.84 bits per heavy atom. The van der Waals surface area contributed by atoms with Crippen LogP contribution in [0, 0.1) is 12.8 Å². The van der Waals surface area contributed by atoms with Gasteiger partial charge in [0.1, 0.15) is 12.4 Å². The van der Waals surface area contributed by atoms with Crippen LogP contribution in [0.3, 0.4) is 0 Å². The van der Waals surface area contributed by atoms with Crippen molar-refractivity contribution in [2.75, 3.05) is 18.1 Å². The summed E-state index contributed by atoms with van der Waals surface area (Å²) in [5.74, 6) is 1.25. The topological polar surface area (TPSA) is 58.6 Å². The maximum Gasteiger partial charge on any atom is 0.227 e. The van der Waals surface area contributed by atoms with Gasteiger partial charge in [-0.3, -0.25) is 9.59 Å². The average molecular weight is 344 g/mol. The van der Waals surface area contributed by atoms with Crippen molar-refractivity contribution < 1.29 is 14.3 Å². The Hall–Kier alpha value is -2.04. The van der Waals surface area contributed by atoms with Gasteiger partial charge >= 0.3 is 0 Å². The van der Waals surface area contributed by atoms with E-state index in [1.54, 1.807) is 4.90 Å². The molecule has 2 unspecified atom stereocenters. The maximum absolute atomic E-state index is 12.6. The molecule has 5 heteroatoms. The molecule has 1 N–H and O–H groups in total. The largest absolute Gasteiger partial charge is 0.490 e. The minimum Gasteiger partial charge on any atom is -0.490 e. The highest BCUT2D eigenvalue weighted by molar-refractivity contribution is 5.97. The predicted molar refractivity (Wildman–Crippen MR) is 97.8 cm³/mol. The van der Waals surface area contributed by atoms with Crippen molar-refractivity contribution in [1.29, 1.82) is 0 Å². The Balaban J connectivity index is 1.55. The van der Waals surface area contributed by atoms with E-state index >= 15 is 0 Å². The van der Waals surface area contributed by atoms with Crippen LogP contribution < -0.4 is 15.0 Å². The number of anilines is 1. The molecule has 2 amide bonds. The summed E-state index contributed by atoms with van der Waals surface area (Å²) in [5.41, 5.74) is 1.91. The first-order valence-corrected chi connectivity index (χ1v) is 9.38. The van der Waals surface area contributed by atoms with E-state index in [1.807, 2.05) is 25.1 Å². The third kappa shape index (κ3) is 4.33. The number of aryl methyl sites for hydroxylation is 1. The lowest BCUT2D eigenvalue weighted by Crippen LogP contribution is -2.42. The van der Waals surface area contributed by atoms with Gasteiger partial charge in [-0.15, -0.1) is 0 Å². The molecular weight excluding hydrogens is 316 g/mol. The summed E-state index contributed by atoms with van der Waals surface area (Å²) in [6.07, 6.45) is 5.14. The highest BCUT2D eigenvalue weighted by atomic mass is 16.5. The first kappa shape index (κ1) is 17.8. The molecule has 1 aliphatic carbocycles. The molecule has 5 nitrogen and oxygen atoms in total. The van der Waals surface area contributed by atoms with Gasteiger partial charge in [-0.2, -0.15) is 0 Å². The van der Waals surface area contributed by atoms with Crippen LogP contribution in [0.2, 0.25) is 0 Å². The Morgan fingerprint density at radius 2 is 2.04 bits per heavy atom. The summed E-state index contributed by atoms with van der Waals surface area (Å²) in [6.45, 7) is 5.22. The van der Waals surface area contributed by atoms with Gasteiger partial charge in [0.05, 0.1) is 12.2 Å². The molecule has 0 spiro atoms. The molecule has 1 fully saturated rings. The molecule has 1 aromatic rings. The number of hydrogen-bond acceptors (Lipinski definition) is 3. The number of rotatable bonds is 4. The fourth-order valence-electron chi connectivity index (χ4n) is 3.75. The number of nitrogens with one attached hydrogen (secondary N) is 1. The third-order valence-corrected chi connectivity index (χ3v) is 5.30. The SMILES string of the molecule is Cc1ccc2c(c1)N(C(=O)CCC(=O)NC1CCCCC1C)CCO2. The van der Waals surface area contributed by atoms with Crippen molar-refractivity contribution in [1.82, 2.24) is 5.32 Å². The van der Waals surface area contributed by atoms with Gasteiger partial charge in [-0.05, 0) is 43.4 Å². The molecule has 0 radical (unpaired) electrons. The lowest BCUT2D eigenvalue weighted by Gasteiger charge is -2.31. The highest BCUT2D eigenvalue weighted by Gasteiger charge is 2.26. The summed E-state index contributed by atoms with van der Waals surface area (Å²) in [7, 11) is 0. The molecule has 1 aromatic carbocycles. The average Bonchev–Trinajstić information content (AvgIpc) is 2.61. The van der Waals surface area contributed by atoms with Crippen LogP contribution in [0.15, 0.2) is 18.2 Å². The van der Waals surface area contributed by atoms with Crippen molar-refractivity contribution in [3.63, 3.8) is 0 Å². The van der Waals surface area contributed by atoms with Gasteiger partial charge in [-0.1, -0.05) is 25.8 Å². The molecule has 2 aliphatic rings. The van der Waals surface area contributed by atoms with Crippen molar-refractivity contribution in [3.8, 4) is 5.75 Å². The number of nitrogens with zero attached hydrogens (tertiary/aromatic N) is 1. The molecular formula is C20H28N2O3. The normalized spacial score (nSPS) is 22.7. The summed E-state index contributed by atoms with van der Waals surface area (Å²) in [6, 6.07) is 6.12. The van der Waals surface area contributed by atoms with E-state index in [0.717, 1.165) is 23.4 Å². The van der Waals surface area contributed by atoms with Crippen molar-refractivity contribution >= 4 is 17.5 Å². The molecule has 136 valence electrons. The molecule has 0 saturated heterocycles. The van der Waals surface area contributed by atoms with Gasteiger partial charge in [0, 0.05) is 18.9 Å². The molecule has 1 aliphatic heterocycles. The van der Waals surface area contributed by atoms with Crippen LogP contribution in [-0.4, -0.2) is 31.0 Å². The van der Waals surface area contributed by atoms with Gasteiger partial charge in [0.2, 0.25) is 11.8 Å². The monoisotopic (exact) mass is 344 g/mol. The maximum atomic E-state index is 12.6. The van der Waals surface area contributed by atoms with Gasteiger partial charge in [0.25, 0.3) is 0 Å². The summed E-state index contributed by atoms with van der Waals surface area (Å²) >= 11 is 0. The Labute approximate surface area is 149 Å². The van der Waals surface area contributed by atoms with E-state index in [4.69, 9.17) is 4.74 Å². The van der Waals surface area contributed by atoms with Crippen LogP contribution in [0.25, 0.3) is 0 Å². The standard InChI is InChI=1S/C20H28N2O3/c1-14-7-8-18-17(13-14)22(11-12-25-18)20(24)10-9-19(23)21-16-6-4-3-5-15(16)2/h7-8,13,15-16H,3-6,9-12H2,1-2H3,(H,21,23). The molecule has 2 atom stereocenters. The molecule has 0 bridgehead atoms. The molecule has 25 heavy (non-hydrogen) atoms. The van der Waals surface area contributed by atoms with Gasteiger partial charge < -0.3 is 15.0 Å². The van der Waals surface area contributed by atoms with Crippen molar-refractivity contribution in [3.05, 3.63) is 23.8 Å². The molecule has 3 rings (SSSR count). The number of fused-ring (bicyclic) bond motifs is 1.